The Morgan fingerprint density at radius 2 is 2.00 bits per heavy atom. The molecule has 0 aromatic rings. The molecule has 0 saturated carbocycles. The smallest absolute Gasteiger partial charge is 0.186 e. The second-order valence-electron chi connectivity index (χ2n) is 3.84. The summed E-state index contributed by atoms with van der Waals surface area (Å²) in [6.45, 7) is 5.41. The van der Waals surface area contributed by atoms with Crippen molar-refractivity contribution >= 4 is 16.9 Å². The number of nitrogens with zero attached hydrogens (tertiary/aromatic N) is 1. The van der Waals surface area contributed by atoms with Crippen LogP contribution in [0.3, 0.4) is 0 Å². The Morgan fingerprint density at radius 3 is 2.50 bits per heavy atom. The highest BCUT2D eigenvalue weighted by atomic mass is 32.2. The molecule has 0 spiro atoms. The predicted molar refractivity (Wildman–Crippen MR) is 53.2 cm³/mol. The summed E-state index contributed by atoms with van der Waals surface area (Å²) in [5.74, 6) is 0.992. The molecule has 1 aliphatic rings. The Hall–Kier alpha value is -0.0200. The summed E-state index contributed by atoms with van der Waals surface area (Å²) < 4.78 is 1.18. The maximum Gasteiger partial charge on any atom is 0.186 e. The molecule has 70 valence electrons. The van der Waals surface area contributed by atoms with Gasteiger partial charge in [0.15, 0.2) is 5.12 Å². The van der Waals surface area contributed by atoms with E-state index in [0.29, 0.717) is 0 Å². The Bertz CT molecular complexity index is 164. The number of thioether (sulfide) groups is 1. The molecule has 12 heavy (non-hydrogen) atoms. The number of rotatable bonds is 3. The second kappa shape index (κ2) is 4.28. The summed E-state index contributed by atoms with van der Waals surface area (Å²) in [5, 5.41) is 0.251. The molecule has 0 N–H and O–H groups in total. The highest BCUT2D eigenvalue weighted by molar-refractivity contribution is 8.13. The fraction of sp³-hybridized carbons (Fsp3) is 0.889. The lowest BCUT2D eigenvalue weighted by atomic mass is 10.4. The molecule has 1 fully saturated rings. The van der Waals surface area contributed by atoms with Crippen molar-refractivity contribution in [1.29, 1.82) is 0 Å². The van der Waals surface area contributed by atoms with Gasteiger partial charge in [0.2, 0.25) is 0 Å². The lowest BCUT2D eigenvalue weighted by Crippen LogP contribution is -2.42. The van der Waals surface area contributed by atoms with Gasteiger partial charge in [-0.05, 0) is 0 Å². The Kier molecular flexibility index (Phi) is 3.59. The quantitative estimate of drug-likeness (QED) is 0.624. The fourth-order valence-corrected chi connectivity index (χ4v) is 2.55. The van der Waals surface area contributed by atoms with Crippen molar-refractivity contribution in [2.24, 2.45) is 0 Å². The van der Waals surface area contributed by atoms with E-state index in [2.05, 4.69) is 7.05 Å². The van der Waals surface area contributed by atoms with Crippen molar-refractivity contribution in [3.8, 4) is 0 Å². The standard InChI is InChI=1S/C9H18NOS/c1-9(11)12-8-7-10(2)5-3-4-6-10/h3-8H2,1-2H3/q+1. The van der Waals surface area contributed by atoms with Gasteiger partial charge in [0.05, 0.1) is 32.4 Å². The zero-order valence-corrected chi connectivity index (χ0v) is 8.82. The normalized spacial score (nSPS) is 21.2. The highest BCUT2D eigenvalue weighted by Gasteiger charge is 2.25. The first-order valence-corrected chi connectivity index (χ1v) is 5.58. The Morgan fingerprint density at radius 1 is 1.42 bits per heavy atom. The van der Waals surface area contributed by atoms with E-state index in [0.717, 1.165) is 12.3 Å². The van der Waals surface area contributed by atoms with Crippen molar-refractivity contribution in [2.45, 2.75) is 19.8 Å². The lowest BCUT2D eigenvalue weighted by molar-refractivity contribution is -0.895. The molecule has 0 radical (unpaired) electrons. The van der Waals surface area contributed by atoms with Crippen molar-refractivity contribution in [3.63, 3.8) is 0 Å². The van der Waals surface area contributed by atoms with Crippen molar-refractivity contribution in [1.82, 2.24) is 0 Å². The molecule has 0 amide bonds. The van der Waals surface area contributed by atoms with Crippen LogP contribution in [-0.4, -0.2) is 42.0 Å². The van der Waals surface area contributed by atoms with Gasteiger partial charge in [-0.15, -0.1) is 0 Å². The molecule has 0 aromatic heterocycles. The topological polar surface area (TPSA) is 17.1 Å². The van der Waals surface area contributed by atoms with Gasteiger partial charge in [-0.3, -0.25) is 4.79 Å². The first kappa shape index (κ1) is 10.1. The number of carbonyl (C=O) groups excluding carboxylic acids is 1. The van der Waals surface area contributed by atoms with E-state index >= 15 is 0 Å². The summed E-state index contributed by atoms with van der Waals surface area (Å²) >= 11 is 1.46. The number of hydrogen-bond acceptors (Lipinski definition) is 2. The minimum atomic E-state index is 0.251. The van der Waals surface area contributed by atoms with Gasteiger partial charge in [-0.2, -0.15) is 0 Å². The van der Waals surface area contributed by atoms with E-state index in [1.807, 2.05) is 0 Å². The number of carbonyl (C=O) groups is 1. The van der Waals surface area contributed by atoms with E-state index in [1.54, 1.807) is 6.92 Å². The molecule has 3 heteroatoms. The molecule has 0 aliphatic carbocycles. The average Bonchev–Trinajstić information content (AvgIpc) is 2.35. The molecule has 1 heterocycles. The summed E-state index contributed by atoms with van der Waals surface area (Å²) in [6, 6.07) is 0. The maximum atomic E-state index is 10.7. The summed E-state index contributed by atoms with van der Waals surface area (Å²) in [6.07, 6.45) is 2.72. The van der Waals surface area contributed by atoms with Crippen LogP contribution in [0.1, 0.15) is 19.8 Å². The number of hydrogen-bond donors (Lipinski definition) is 0. The molecule has 0 atom stereocenters. The second-order valence-corrected chi connectivity index (χ2v) is 5.11. The summed E-state index contributed by atoms with van der Waals surface area (Å²) in [5.41, 5.74) is 0. The first-order valence-electron chi connectivity index (χ1n) is 4.59. The van der Waals surface area contributed by atoms with Crippen molar-refractivity contribution in [3.05, 3.63) is 0 Å². The summed E-state index contributed by atoms with van der Waals surface area (Å²) in [4.78, 5) is 10.7. The van der Waals surface area contributed by atoms with E-state index in [1.165, 1.54) is 42.2 Å². The SMILES string of the molecule is CC(=O)SCC[N+]1(C)CCCC1. The monoisotopic (exact) mass is 188 g/mol. The lowest BCUT2D eigenvalue weighted by Gasteiger charge is -2.28. The highest BCUT2D eigenvalue weighted by Crippen LogP contribution is 2.17. The molecule has 0 aromatic carbocycles. The van der Waals surface area contributed by atoms with E-state index < -0.39 is 0 Å². The third-order valence-corrected chi connectivity index (χ3v) is 3.38. The molecule has 1 saturated heterocycles. The third kappa shape index (κ3) is 3.15. The fourth-order valence-electron chi connectivity index (χ4n) is 1.73. The van der Waals surface area contributed by atoms with E-state index in [4.69, 9.17) is 0 Å². The Labute approximate surface area is 78.9 Å². The van der Waals surface area contributed by atoms with Crippen LogP contribution in [0.5, 0.6) is 0 Å². The Balaban J connectivity index is 2.17. The van der Waals surface area contributed by atoms with Crippen LogP contribution in [0.25, 0.3) is 0 Å². The average molecular weight is 188 g/mol. The minimum absolute atomic E-state index is 0.251. The van der Waals surface area contributed by atoms with Gasteiger partial charge in [0.25, 0.3) is 0 Å². The predicted octanol–water partition coefficient (Wildman–Crippen LogP) is 1.51. The van der Waals surface area contributed by atoms with Crippen LogP contribution in [-0.2, 0) is 4.79 Å². The van der Waals surface area contributed by atoms with Gasteiger partial charge in [0.1, 0.15) is 0 Å². The van der Waals surface area contributed by atoms with Crippen LogP contribution >= 0.6 is 11.8 Å². The maximum absolute atomic E-state index is 10.7. The van der Waals surface area contributed by atoms with Gasteiger partial charge >= 0.3 is 0 Å². The summed E-state index contributed by atoms with van der Waals surface area (Å²) in [7, 11) is 2.30. The number of likely N-dealkylation sites (tertiary alicyclic amines) is 1. The minimum Gasteiger partial charge on any atom is -0.325 e. The molecule has 0 unspecified atom stereocenters. The third-order valence-electron chi connectivity index (χ3n) is 2.58. The largest absolute Gasteiger partial charge is 0.325 e. The van der Waals surface area contributed by atoms with Crippen LogP contribution in [0.2, 0.25) is 0 Å². The van der Waals surface area contributed by atoms with Crippen molar-refractivity contribution in [2.75, 3.05) is 32.4 Å². The van der Waals surface area contributed by atoms with E-state index in [-0.39, 0.29) is 5.12 Å². The van der Waals surface area contributed by atoms with Crippen LogP contribution < -0.4 is 0 Å². The van der Waals surface area contributed by atoms with Gasteiger partial charge in [-0.1, -0.05) is 11.8 Å². The van der Waals surface area contributed by atoms with Gasteiger partial charge < -0.3 is 4.48 Å². The van der Waals surface area contributed by atoms with Crippen molar-refractivity contribution < 1.29 is 9.28 Å². The molecule has 2 nitrogen and oxygen atoms in total. The molecule has 1 aliphatic heterocycles. The van der Waals surface area contributed by atoms with E-state index in [9.17, 15) is 4.79 Å². The molecule has 0 bridgehead atoms. The van der Waals surface area contributed by atoms with Crippen LogP contribution in [0, 0.1) is 0 Å². The molecular formula is C9H18NOS+. The zero-order valence-electron chi connectivity index (χ0n) is 8.01. The molecular weight excluding hydrogens is 170 g/mol. The molecule has 1 rings (SSSR count). The number of quaternary nitrogens is 1. The van der Waals surface area contributed by atoms with Crippen LogP contribution in [0.4, 0.5) is 0 Å². The first-order chi connectivity index (χ1) is 5.62. The van der Waals surface area contributed by atoms with Gasteiger partial charge in [0, 0.05) is 19.8 Å². The van der Waals surface area contributed by atoms with Gasteiger partial charge in [-0.25, -0.2) is 0 Å². The van der Waals surface area contributed by atoms with Crippen LogP contribution in [0.15, 0.2) is 0 Å². The zero-order chi connectivity index (χ0) is 9.03.